The van der Waals surface area contributed by atoms with Gasteiger partial charge in [0.05, 0.1) is 56.1 Å². The molecule has 0 aliphatic carbocycles. The van der Waals surface area contributed by atoms with Gasteiger partial charge in [-0.15, -0.1) is 0 Å². The minimum absolute atomic E-state index is 0.109. The topological polar surface area (TPSA) is 195 Å². The van der Waals surface area contributed by atoms with Crippen LogP contribution in [0.4, 0.5) is 0 Å². The Hall–Kier alpha value is -3.45. The summed E-state index contributed by atoms with van der Waals surface area (Å²) in [5.41, 5.74) is 7.70. The van der Waals surface area contributed by atoms with Gasteiger partial charge in [0.25, 0.3) is 0 Å². The van der Waals surface area contributed by atoms with Crippen LogP contribution < -0.4 is 11.1 Å². The molecule has 0 fully saturated rings. The van der Waals surface area contributed by atoms with Crippen molar-refractivity contribution in [3.8, 4) is 0 Å². The number of allylic oxidation sites excluding steroid dienone is 1. The molecular formula is C24H31ClN2O10. The van der Waals surface area contributed by atoms with Gasteiger partial charge in [-0.05, 0) is 25.5 Å². The number of hydrogen-bond acceptors (Lipinski definition) is 10. The second-order valence-corrected chi connectivity index (χ2v) is 7.92. The third kappa shape index (κ3) is 9.17. The van der Waals surface area contributed by atoms with Crippen molar-refractivity contribution in [3.05, 3.63) is 57.4 Å². The highest BCUT2D eigenvalue weighted by Gasteiger charge is 2.39. The van der Waals surface area contributed by atoms with Crippen LogP contribution in [-0.4, -0.2) is 78.8 Å². The van der Waals surface area contributed by atoms with E-state index in [-0.39, 0.29) is 18.8 Å². The largest absolute Gasteiger partial charge is 0.481 e. The van der Waals surface area contributed by atoms with E-state index in [0.717, 1.165) is 0 Å². The molecule has 1 aromatic rings. The highest BCUT2D eigenvalue weighted by molar-refractivity contribution is 6.31. The number of carboxylic acids is 2. The number of aliphatic carboxylic acids is 2. The molecule has 1 aliphatic rings. The smallest absolute Gasteiger partial charge is 0.336 e. The van der Waals surface area contributed by atoms with E-state index >= 15 is 0 Å². The molecule has 0 saturated carbocycles. The Balaban J connectivity index is 0.000000649. The van der Waals surface area contributed by atoms with Gasteiger partial charge in [-0.3, -0.25) is 4.79 Å². The second kappa shape index (κ2) is 15.6. The van der Waals surface area contributed by atoms with Crippen molar-refractivity contribution >= 4 is 35.5 Å². The van der Waals surface area contributed by atoms with E-state index in [2.05, 4.69) is 5.32 Å². The molecule has 1 aromatic carbocycles. The van der Waals surface area contributed by atoms with E-state index in [9.17, 15) is 19.2 Å². The second-order valence-electron chi connectivity index (χ2n) is 7.52. The molecule has 0 bridgehead atoms. The average molecular weight is 543 g/mol. The maximum absolute atomic E-state index is 12.9. The van der Waals surface area contributed by atoms with E-state index in [1.165, 1.54) is 7.11 Å². The highest BCUT2D eigenvalue weighted by Crippen LogP contribution is 2.41. The molecule has 1 aliphatic heterocycles. The minimum Gasteiger partial charge on any atom is -0.481 e. The van der Waals surface area contributed by atoms with Crippen LogP contribution in [0.15, 0.2) is 46.8 Å². The molecule has 2 atom stereocenters. The number of carbonyl (C=O) groups excluding carboxylic acids is 2. The molecule has 12 nitrogen and oxygen atoms in total. The monoisotopic (exact) mass is 542 g/mol. The number of hydrogen-bond donors (Lipinski definition) is 5. The summed E-state index contributed by atoms with van der Waals surface area (Å²) in [6, 6.07) is 7.05. The highest BCUT2D eigenvalue weighted by atomic mass is 35.5. The number of carbonyl (C=O) groups is 4. The summed E-state index contributed by atoms with van der Waals surface area (Å²) in [6.45, 7) is 4.42. The van der Waals surface area contributed by atoms with E-state index < -0.39 is 42.3 Å². The van der Waals surface area contributed by atoms with Crippen molar-refractivity contribution in [3.63, 3.8) is 0 Å². The maximum atomic E-state index is 12.9. The summed E-state index contributed by atoms with van der Waals surface area (Å²) >= 11 is 6.42. The fourth-order valence-corrected chi connectivity index (χ4v) is 3.62. The van der Waals surface area contributed by atoms with Crippen LogP contribution in [0.1, 0.15) is 31.7 Å². The number of aliphatic hydroxyl groups is 1. The first-order chi connectivity index (χ1) is 17.5. The number of carboxylic acid groups (broad SMARTS) is 2. The Bertz CT molecular complexity index is 1050. The van der Waals surface area contributed by atoms with Crippen LogP contribution in [0, 0.1) is 0 Å². The Morgan fingerprint density at radius 3 is 2.27 bits per heavy atom. The van der Waals surface area contributed by atoms with Gasteiger partial charge in [0.1, 0.15) is 0 Å². The van der Waals surface area contributed by atoms with Crippen molar-refractivity contribution in [2.75, 3.05) is 33.5 Å². The number of esters is 2. The van der Waals surface area contributed by atoms with Gasteiger partial charge in [-0.25, -0.2) is 14.4 Å². The number of rotatable bonds is 11. The SMILES string of the molecule is CCOC(=O)C1=C(COCCN)NC(C)=C(C(=O)OC)[C@@H]1c1ccccc1Cl.O=C(O)CC(O)C(=O)O. The fourth-order valence-electron chi connectivity index (χ4n) is 3.37. The molecule has 13 heteroatoms. The quantitative estimate of drug-likeness (QED) is 0.198. The van der Waals surface area contributed by atoms with Crippen molar-refractivity contribution in [2.24, 2.45) is 5.73 Å². The van der Waals surface area contributed by atoms with Gasteiger partial charge in [0.15, 0.2) is 6.10 Å². The van der Waals surface area contributed by atoms with Gasteiger partial charge < -0.3 is 40.6 Å². The number of benzene rings is 1. The van der Waals surface area contributed by atoms with Crippen LogP contribution in [0.5, 0.6) is 0 Å². The molecule has 2 rings (SSSR count). The number of ether oxygens (including phenoxy) is 3. The maximum Gasteiger partial charge on any atom is 0.336 e. The first kappa shape index (κ1) is 31.6. The lowest BCUT2D eigenvalue weighted by Crippen LogP contribution is -2.35. The van der Waals surface area contributed by atoms with Crippen LogP contribution >= 0.6 is 11.6 Å². The number of halogens is 1. The zero-order valence-corrected chi connectivity index (χ0v) is 21.4. The molecule has 6 N–H and O–H groups in total. The Morgan fingerprint density at radius 2 is 1.78 bits per heavy atom. The van der Waals surface area contributed by atoms with Gasteiger partial charge in [0.2, 0.25) is 0 Å². The minimum atomic E-state index is -1.79. The van der Waals surface area contributed by atoms with Gasteiger partial charge in [-0.1, -0.05) is 29.8 Å². The molecule has 0 radical (unpaired) electrons. The van der Waals surface area contributed by atoms with Crippen LogP contribution in [0.25, 0.3) is 0 Å². The molecule has 204 valence electrons. The summed E-state index contributed by atoms with van der Waals surface area (Å²) in [5, 5.41) is 27.7. The van der Waals surface area contributed by atoms with E-state index in [0.29, 0.717) is 40.7 Å². The lowest BCUT2D eigenvalue weighted by Gasteiger charge is -2.31. The van der Waals surface area contributed by atoms with Gasteiger partial charge in [0, 0.05) is 17.3 Å². The number of methoxy groups -OCH3 is 1. The van der Waals surface area contributed by atoms with Crippen molar-refractivity contribution < 1.29 is 48.7 Å². The zero-order chi connectivity index (χ0) is 28.1. The summed E-state index contributed by atoms with van der Waals surface area (Å²) in [4.78, 5) is 44.9. The van der Waals surface area contributed by atoms with E-state index in [1.807, 2.05) is 0 Å². The zero-order valence-electron chi connectivity index (χ0n) is 20.7. The summed E-state index contributed by atoms with van der Waals surface area (Å²) in [5.74, 6) is -4.71. The number of nitrogens with two attached hydrogens (primary N) is 1. The molecule has 1 unspecified atom stereocenters. The predicted molar refractivity (Wildman–Crippen MR) is 131 cm³/mol. The van der Waals surface area contributed by atoms with Crippen molar-refractivity contribution in [1.82, 2.24) is 5.32 Å². The number of dihydropyridines is 1. The molecule has 0 spiro atoms. The van der Waals surface area contributed by atoms with Crippen molar-refractivity contribution in [1.29, 1.82) is 0 Å². The summed E-state index contributed by atoms with van der Waals surface area (Å²) in [7, 11) is 1.29. The molecule has 37 heavy (non-hydrogen) atoms. The molecule has 0 saturated heterocycles. The molecule has 1 heterocycles. The lowest BCUT2D eigenvalue weighted by molar-refractivity contribution is -0.152. The van der Waals surface area contributed by atoms with E-state index in [4.69, 9.17) is 46.9 Å². The van der Waals surface area contributed by atoms with Crippen LogP contribution in [0.2, 0.25) is 5.02 Å². The standard InChI is InChI=1S/C20H25ClN2O5.C4H6O5/c1-4-28-20(25)18-15(11-27-10-9-22)23-12(2)16(19(24)26-3)17(18)13-7-5-6-8-14(13)21;5-2(4(8)9)1-3(6)7/h5-8,17,23H,4,9-11,22H2,1-3H3;2,5H,1H2,(H,6,7)(H,8,9)/t17-;/m0./s1. The predicted octanol–water partition coefficient (Wildman–Crippen LogP) is 1.17. The van der Waals surface area contributed by atoms with Crippen molar-refractivity contribution in [2.45, 2.75) is 32.3 Å². The molecule has 0 aromatic heterocycles. The van der Waals surface area contributed by atoms with E-state index in [1.54, 1.807) is 38.1 Å². The van der Waals surface area contributed by atoms with Crippen LogP contribution in [-0.2, 0) is 33.4 Å². The number of aliphatic hydroxyl groups excluding tert-OH is 1. The normalized spacial score (nSPS) is 15.7. The summed E-state index contributed by atoms with van der Waals surface area (Å²) in [6.07, 6.45) is -2.54. The average Bonchev–Trinajstić information content (AvgIpc) is 2.83. The Kier molecular flexibility index (Phi) is 13.3. The number of nitrogens with one attached hydrogen (secondary N) is 1. The van der Waals surface area contributed by atoms with Crippen LogP contribution in [0.3, 0.4) is 0 Å². The lowest BCUT2D eigenvalue weighted by atomic mass is 9.80. The Morgan fingerprint density at radius 1 is 1.14 bits per heavy atom. The van der Waals surface area contributed by atoms with Gasteiger partial charge in [-0.2, -0.15) is 0 Å². The Labute approximate surface area is 218 Å². The third-order valence-electron chi connectivity index (χ3n) is 4.92. The first-order valence-corrected chi connectivity index (χ1v) is 11.5. The first-order valence-electron chi connectivity index (χ1n) is 11.1. The summed E-state index contributed by atoms with van der Waals surface area (Å²) < 4.78 is 15.8. The fraction of sp³-hybridized carbons (Fsp3) is 0.417. The third-order valence-corrected chi connectivity index (χ3v) is 5.27. The van der Waals surface area contributed by atoms with Gasteiger partial charge >= 0.3 is 23.9 Å². The molecular weight excluding hydrogens is 512 g/mol. The molecule has 0 amide bonds.